The van der Waals surface area contributed by atoms with Gasteiger partial charge in [-0.2, -0.15) is 13.9 Å². The van der Waals surface area contributed by atoms with Crippen LogP contribution in [0.4, 0.5) is 17.6 Å². The Bertz CT molecular complexity index is 1220. The zero-order chi connectivity index (χ0) is 23.6. The van der Waals surface area contributed by atoms with Crippen LogP contribution >= 0.6 is 0 Å². The SMILES string of the molecule is CC(c1cn(-c2ccc(OC(F)F)cc2)nn1)C(O)(Cn1cncn1)c1ccc(F)cc1F. The topological polar surface area (TPSA) is 90.9 Å². The van der Waals surface area contributed by atoms with Gasteiger partial charge >= 0.3 is 6.61 Å². The van der Waals surface area contributed by atoms with Crippen molar-refractivity contribution < 1.29 is 27.4 Å². The zero-order valence-corrected chi connectivity index (χ0v) is 17.2. The summed E-state index contributed by atoms with van der Waals surface area (Å²) in [4.78, 5) is 3.84. The summed E-state index contributed by atoms with van der Waals surface area (Å²) in [6.45, 7) is -1.51. The van der Waals surface area contributed by atoms with Crippen LogP contribution in [0.25, 0.3) is 5.69 Å². The number of alkyl halides is 2. The number of aliphatic hydroxyl groups is 1. The molecule has 172 valence electrons. The number of halogens is 4. The maximum atomic E-state index is 14.7. The molecule has 2 unspecified atom stereocenters. The van der Waals surface area contributed by atoms with Crippen LogP contribution in [0, 0.1) is 11.6 Å². The van der Waals surface area contributed by atoms with E-state index in [0.717, 1.165) is 6.07 Å². The fourth-order valence-corrected chi connectivity index (χ4v) is 3.48. The average Bonchev–Trinajstić information content (AvgIpc) is 3.45. The van der Waals surface area contributed by atoms with E-state index in [1.54, 1.807) is 6.92 Å². The van der Waals surface area contributed by atoms with Gasteiger partial charge in [0.25, 0.3) is 0 Å². The summed E-state index contributed by atoms with van der Waals surface area (Å²) < 4.78 is 59.9. The van der Waals surface area contributed by atoms with Crippen LogP contribution in [0.5, 0.6) is 5.75 Å². The summed E-state index contributed by atoms with van der Waals surface area (Å²) in [5, 5.41) is 23.7. The molecule has 4 aromatic rings. The van der Waals surface area contributed by atoms with Gasteiger partial charge in [-0.15, -0.1) is 5.10 Å². The number of rotatable bonds is 8. The summed E-state index contributed by atoms with van der Waals surface area (Å²) in [5.41, 5.74) is -1.24. The standard InChI is InChI=1S/C21H18F4N6O2/c1-13(19-9-31(29-28-19)15-3-5-16(6-4-15)33-20(24)25)21(32,10-30-12-26-11-27-30)17-7-2-14(22)8-18(17)23/h2-9,11-13,20,32H,10H2,1H3. The summed E-state index contributed by atoms with van der Waals surface area (Å²) in [6, 6.07) is 8.61. The quantitative estimate of drug-likeness (QED) is 0.404. The fourth-order valence-electron chi connectivity index (χ4n) is 3.48. The Hall–Kier alpha value is -3.80. The van der Waals surface area contributed by atoms with Crippen LogP contribution in [0.1, 0.15) is 24.1 Å². The van der Waals surface area contributed by atoms with Crippen molar-refractivity contribution >= 4 is 0 Å². The predicted molar refractivity (Wildman–Crippen MR) is 107 cm³/mol. The number of nitrogens with zero attached hydrogens (tertiary/aromatic N) is 6. The highest BCUT2D eigenvalue weighted by atomic mass is 19.3. The molecule has 0 radical (unpaired) electrons. The van der Waals surface area contributed by atoms with Crippen LogP contribution in [0.15, 0.2) is 61.3 Å². The number of hydrogen-bond donors (Lipinski definition) is 1. The summed E-state index contributed by atoms with van der Waals surface area (Å²) in [7, 11) is 0. The molecule has 2 aromatic heterocycles. The number of aromatic nitrogens is 6. The molecular weight excluding hydrogens is 444 g/mol. The highest BCUT2D eigenvalue weighted by Crippen LogP contribution is 2.39. The van der Waals surface area contributed by atoms with Crippen molar-refractivity contribution in [3.05, 3.63) is 84.2 Å². The average molecular weight is 462 g/mol. The first kappa shape index (κ1) is 22.4. The van der Waals surface area contributed by atoms with Crippen molar-refractivity contribution in [3.63, 3.8) is 0 Å². The van der Waals surface area contributed by atoms with Gasteiger partial charge in [0.1, 0.15) is 35.6 Å². The minimum absolute atomic E-state index is 0.0172. The van der Waals surface area contributed by atoms with Gasteiger partial charge in [-0.05, 0) is 30.3 Å². The third kappa shape index (κ3) is 4.70. The Kier molecular flexibility index (Phi) is 6.09. The summed E-state index contributed by atoms with van der Waals surface area (Å²) >= 11 is 0. The van der Waals surface area contributed by atoms with Gasteiger partial charge in [0.15, 0.2) is 0 Å². The van der Waals surface area contributed by atoms with Crippen LogP contribution < -0.4 is 4.74 Å². The second-order valence-electron chi connectivity index (χ2n) is 7.32. The normalized spacial score (nSPS) is 14.3. The van der Waals surface area contributed by atoms with Crippen molar-refractivity contribution in [2.45, 2.75) is 31.6 Å². The molecule has 2 atom stereocenters. The molecular formula is C21H18F4N6O2. The molecule has 1 N–H and O–H groups in total. The van der Waals surface area contributed by atoms with E-state index in [1.807, 2.05) is 0 Å². The molecule has 33 heavy (non-hydrogen) atoms. The summed E-state index contributed by atoms with van der Waals surface area (Å²) in [5.74, 6) is -2.54. The first-order valence-electron chi connectivity index (χ1n) is 9.74. The van der Waals surface area contributed by atoms with E-state index in [0.29, 0.717) is 17.4 Å². The van der Waals surface area contributed by atoms with Crippen LogP contribution in [-0.4, -0.2) is 41.5 Å². The maximum Gasteiger partial charge on any atom is 0.387 e. The first-order chi connectivity index (χ1) is 15.8. The molecule has 0 saturated carbocycles. The van der Waals surface area contributed by atoms with Gasteiger partial charge in [0.05, 0.1) is 24.1 Å². The predicted octanol–water partition coefficient (Wildman–Crippen LogP) is 3.43. The van der Waals surface area contributed by atoms with Crippen molar-refractivity contribution in [2.24, 2.45) is 0 Å². The van der Waals surface area contributed by atoms with E-state index in [1.165, 1.54) is 58.5 Å². The van der Waals surface area contributed by atoms with E-state index in [-0.39, 0.29) is 17.9 Å². The first-order valence-corrected chi connectivity index (χ1v) is 9.74. The molecule has 12 heteroatoms. The lowest BCUT2D eigenvalue weighted by Gasteiger charge is -2.33. The van der Waals surface area contributed by atoms with Crippen LogP contribution in [0.3, 0.4) is 0 Å². The van der Waals surface area contributed by atoms with Gasteiger partial charge < -0.3 is 9.84 Å². The van der Waals surface area contributed by atoms with E-state index >= 15 is 0 Å². The third-order valence-electron chi connectivity index (χ3n) is 5.26. The Labute approximate surface area is 185 Å². The Morgan fingerprint density at radius 1 is 1.12 bits per heavy atom. The third-order valence-corrected chi connectivity index (χ3v) is 5.26. The molecule has 8 nitrogen and oxygen atoms in total. The number of hydrogen-bond acceptors (Lipinski definition) is 6. The molecule has 0 fully saturated rings. The fraction of sp³-hybridized carbons (Fsp3) is 0.238. The zero-order valence-electron chi connectivity index (χ0n) is 17.2. The minimum atomic E-state index is -2.94. The van der Waals surface area contributed by atoms with E-state index in [9.17, 15) is 22.7 Å². The molecule has 4 rings (SSSR count). The second kappa shape index (κ2) is 8.98. The lowest BCUT2D eigenvalue weighted by molar-refractivity contribution is -0.0498. The molecule has 0 aliphatic rings. The van der Waals surface area contributed by atoms with E-state index in [4.69, 9.17) is 0 Å². The van der Waals surface area contributed by atoms with Gasteiger partial charge in [-0.25, -0.2) is 23.1 Å². The van der Waals surface area contributed by atoms with Gasteiger partial charge in [-0.3, -0.25) is 0 Å². The summed E-state index contributed by atoms with van der Waals surface area (Å²) in [6.07, 6.45) is 4.14. The van der Waals surface area contributed by atoms with Gasteiger partial charge in [0, 0.05) is 17.5 Å². The highest BCUT2D eigenvalue weighted by molar-refractivity contribution is 5.37. The Morgan fingerprint density at radius 2 is 1.88 bits per heavy atom. The smallest absolute Gasteiger partial charge is 0.387 e. The Balaban J connectivity index is 1.67. The van der Waals surface area contributed by atoms with E-state index < -0.39 is 29.8 Å². The molecule has 2 aromatic carbocycles. The molecule has 0 saturated heterocycles. The van der Waals surface area contributed by atoms with Crippen molar-refractivity contribution in [1.82, 2.24) is 29.8 Å². The van der Waals surface area contributed by atoms with Gasteiger partial charge in [0.2, 0.25) is 0 Å². The lowest BCUT2D eigenvalue weighted by Crippen LogP contribution is -2.38. The molecule has 0 amide bonds. The second-order valence-corrected chi connectivity index (χ2v) is 7.32. The van der Waals surface area contributed by atoms with E-state index in [2.05, 4.69) is 25.1 Å². The van der Waals surface area contributed by atoms with Crippen molar-refractivity contribution in [3.8, 4) is 11.4 Å². The lowest BCUT2D eigenvalue weighted by atomic mass is 9.80. The molecule has 2 heterocycles. The maximum absolute atomic E-state index is 14.7. The Morgan fingerprint density at radius 3 is 2.52 bits per heavy atom. The minimum Gasteiger partial charge on any atom is -0.435 e. The number of benzene rings is 2. The monoisotopic (exact) mass is 462 g/mol. The van der Waals surface area contributed by atoms with Crippen molar-refractivity contribution in [1.29, 1.82) is 0 Å². The van der Waals surface area contributed by atoms with Crippen molar-refractivity contribution in [2.75, 3.05) is 0 Å². The molecule has 0 spiro atoms. The molecule has 0 aliphatic heterocycles. The molecule has 0 bridgehead atoms. The van der Waals surface area contributed by atoms with Crippen LogP contribution in [0.2, 0.25) is 0 Å². The van der Waals surface area contributed by atoms with Crippen LogP contribution in [-0.2, 0) is 12.1 Å². The van der Waals surface area contributed by atoms with Gasteiger partial charge in [-0.1, -0.05) is 18.2 Å². The molecule has 0 aliphatic carbocycles. The number of ether oxygens (including phenoxy) is 1. The highest BCUT2D eigenvalue weighted by Gasteiger charge is 2.41. The largest absolute Gasteiger partial charge is 0.435 e.